The minimum absolute atomic E-state index is 0.0788. The number of nitrogens with one attached hydrogen (secondary N) is 2. The molecule has 0 unspecified atom stereocenters. The van der Waals surface area contributed by atoms with E-state index in [0.717, 1.165) is 12.1 Å². The van der Waals surface area contributed by atoms with Crippen LogP contribution in [0.3, 0.4) is 0 Å². The van der Waals surface area contributed by atoms with E-state index in [1.54, 1.807) is 18.3 Å². The van der Waals surface area contributed by atoms with Crippen molar-refractivity contribution in [3.05, 3.63) is 22.2 Å². The Morgan fingerprint density at radius 1 is 1.53 bits per heavy atom. The van der Waals surface area contributed by atoms with E-state index in [0.29, 0.717) is 21.9 Å². The molecule has 0 atom stereocenters. The molecule has 0 saturated carbocycles. The number of rotatable bonds is 5. The fraction of sp³-hybridized carbons (Fsp3) is 0.333. The zero-order chi connectivity index (χ0) is 14.3. The average Bonchev–Trinajstić information content (AvgIpc) is 2.36. The number of hydrogen-bond donors (Lipinski definition) is 3. The van der Waals surface area contributed by atoms with Gasteiger partial charge in [0.25, 0.3) is 0 Å². The maximum atomic E-state index is 9.77. The fourth-order valence-electron chi connectivity index (χ4n) is 1.30. The first kappa shape index (κ1) is 15.7. The van der Waals surface area contributed by atoms with Gasteiger partial charge in [-0.15, -0.1) is 0 Å². The van der Waals surface area contributed by atoms with Crippen LogP contribution in [0.2, 0.25) is 0 Å². The number of ether oxygens (including phenoxy) is 1. The summed E-state index contributed by atoms with van der Waals surface area (Å²) in [4.78, 5) is 0. The van der Waals surface area contributed by atoms with Crippen molar-refractivity contribution >= 4 is 39.5 Å². The number of nitrogens with zero attached hydrogens (tertiary/aromatic N) is 1. The summed E-state index contributed by atoms with van der Waals surface area (Å²) in [5, 5.41) is 17.1. The molecule has 1 aromatic rings. The van der Waals surface area contributed by atoms with Gasteiger partial charge in [0.05, 0.1) is 17.3 Å². The molecular weight excluding hydrogens is 330 g/mol. The van der Waals surface area contributed by atoms with Gasteiger partial charge in [-0.2, -0.15) is 5.10 Å². The van der Waals surface area contributed by atoms with Crippen molar-refractivity contribution in [2.45, 2.75) is 13.8 Å². The highest BCUT2D eigenvalue weighted by Crippen LogP contribution is 2.34. The molecule has 0 amide bonds. The lowest BCUT2D eigenvalue weighted by atomic mass is 10.2. The Hall–Kier alpha value is -1.34. The van der Waals surface area contributed by atoms with E-state index in [1.807, 2.05) is 13.8 Å². The molecule has 0 radical (unpaired) electrons. The summed E-state index contributed by atoms with van der Waals surface area (Å²) >= 11 is 8.24. The maximum absolute atomic E-state index is 9.77. The van der Waals surface area contributed by atoms with Gasteiger partial charge in [-0.1, -0.05) is 0 Å². The first-order chi connectivity index (χ1) is 9.08. The Morgan fingerprint density at radius 3 is 2.89 bits per heavy atom. The van der Waals surface area contributed by atoms with E-state index < -0.39 is 0 Å². The van der Waals surface area contributed by atoms with E-state index in [-0.39, 0.29) is 5.75 Å². The third-order valence-corrected chi connectivity index (χ3v) is 2.91. The van der Waals surface area contributed by atoms with Crippen LogP contribution in [0.5, 0.6) is 11.5 Å². The maximum Gasteiger partial charge on any atom is 0.186 e. The van der Waals surface area contributed by atoms with Gasteiger partial charge in [0.1, 0.15) is 0 Å². The Morgan fingerprint density at radius 2 is 2.26 bits per heavy atom. The highest BCUT2D eigenvalue weighted by atomic mass is 79.9. The van der Waals surface area contributed by atoms with Crippen molar-refractivity contribution in [3.8, 4) is 11.5 Å². The van der Waals surface area contributed by atoms with Crippen LogP contribution < -0.4 is 15.5 Å². The van der Waals surface area contributed by atoms with Crippen LogP contribution in [-0.4, -0.2) is 29.6 Å². The number of aromatic hydroxyl groups is 1. The molecule has 0 aliphatic heterocycles. The molecule has 3 N–H and O–H groups in total. The Balaban J connectivity index is 2.78. The summed E-state index contributed by atoms with van der Waals surface area (Å²) in [6.07, 6.45) is 1.59. The zero-order valence-electron chi connectivity index (χ0n) is 10.7. The van der Waals surface area contributed by atoms with Crippen LogP contribution in [0.25, 0.3) is 0 Å². The number of benzene rings is 1. The van der Waals surface area contributed by atoms with Crippen molar-refractivity contribution in [2.24, 2.45) is 5.10 Å². The van der Waals surface area contributed by atoms with Gasteiger partial charge in [-0.05, 0) is 59.7 Å². The molecule has 0 bridgehead atoms. The van der Waals surface area contributed by atoms with Crippen molar-refractivity contribution in [2.75, 3.05) is 13.2 Å². The van der Waals surface area contributed by atoms with Crippen LogP contribution in [0, 0.1) is 0 Å². The number of phenolic OH excluding ortho intramolecular Hbond substituents is 1. The fourth-order valence-corrected chi connectivity index (χ4v) is 1.96. The summed E-state index contributed by atoms with van der Waals surface area (Å²) in [5.74, 6) is 0.489. The van der Waals surface area contributed by atoms with Crippen molar-refractivity contribution in [1.82, 2.24) is 10.7 Å². The number of thiocarbonyl (C=S) groups is 1. The van der Waals surface area contributed by atoms with Crippen LogP contribution >= 0.6 is 28.1 Å². The monoisotopic (exact) mass is 345 g/mol. The molecule has 0 saturated heterocycles. The number of halogens is 1. The topological polar surface area (TPSA) is 65.9 Å². The SMILES string of the molecule is CCNC(=S)NN=Cc1cc(Br)c(O)c(OCC)c1. The van der Waals surface area contributed by atoms with Crippen molar-refractivity contribution in [1.29, 1.82) is 0 Å². The molecule has 104 valence electrons. The van der Waals surface area contributed by atoms with Gasteiger partial charge in [-0.25, -0.2) is 0 Å². The Bertz CT molecular complexity index is 480. The average molecular weight is 346 g/mol. The highest BCUT2D eigenvalue weighted by molar-refractivity contribution is 9.10. The van der Waals surface area contributed by atoms with Gasteiger partial charge >= 0.3 is 0 Å². The van der Waals surface area contributed by atoms with Gasteiger partial charge < -0.3 is 15.2 Å². The molecule has 0 aromatic heterocycles. The molecule has 0 fully saturated rings. The molecule has 0 heterocycles. The minimum atomic E-state index is 0.0788. The second-order valence-corrected chi connectivity index (χ2v) is 4.77. The minimum Gasteiger partial charge on any atom is -0.503 e. The molecule has 5 nitrogen and oxygen atoms in total. The van der Waals surface area contributed by atoms with E-state index >= 15 is 0 Å². The van der Waals surface area contributed by atoms with Gasteiger partial charge in [0.2, 0.25) is 0 Å². The summed E-state index contributed by atoms with van der Waals surface area (Å²) in [6, 6.07) is 3.43. The molecule has 7 heteroatoms. The predicted molar refractivity (Wildman–Crippen MR) is 84.0 cm³/mol. The molecule has 19 heavy (non-hydrogen) atoms. The molecule has 0 aliphatic rings. The van der Waals surface area contributed by atoms with Crippen molar-refractivity contribution < 1.29 is 9.84 Å². The van der Waals surface area contributed by atoms with E-state index in [1.165, 1.54) is 0 Å². The first-order valence-corrected chi connectivity index (χ1v) is 7.00. The third-order valence-electron chi connectivity index (χ3n) is 2.07. The second-order valence-electron chi connectivity index (χ2n) is 3.51. The predicted octanol–water partition coefficient (Wildman–Crippen LogP) is 2.37. The largest absolute Gasteiger partial charge is 0.503 e. The molecule has 1 rings (SSSR count). The lowest BCUT2D eigenvalue weighted by Gasteiger charge is -2.08. The first-order valence-electron chi connectivity index (χ1n) is 5.80. The van der Waals surface area contributed by atoms with Crippen LogP contribution in [0.15, 0.2) is 21.7 Å². The Kier molecular flexibility index (Phi) is 6.58. The van der Waals surface area contributed by atoms with Gasteiger partial charge in [0, 0.05) is 6.54 Å². The standard InChI is InChI=1S/C12H16BrN3O2S/c1-3-14-12(19)16-15-7-8-5-9(13)11(17)10(6-8)18-4-2/h5-7,17H,3-4H2,1-2H3,(H2,14,16,19). The van der Waals surface area contributed by atoms with Crippen LogP contribution in [-0.2, 0) is 0 Å². The Labute approximate surface area is 126 Å². The number of hydrazone groups is 1. The smallest absolute Gasteiger partial charge is 0.186 e. The summed E-state index contributed by atoms with van der Waals surface area (Å²) < 4.78 is 5.87. The summed E-state index contributed by atoms with van der Waals surface area (Å²) in [7, 11) is 0. The molecular formula is C12H16BrN3O2S. The molecule has 0 spiro atoms. The second kappa shape index (κ2) is 7.96. The molecule has 0 aliphatic carbocycles. The van der Waals surface area contributed by atoms with Crippen molar-refractivity contribution in [3.63, 3.8) is 0 Å². The van der Waals surface area contributed by atoms with E-state index in [9.17, 15) is 5.11 Å². The summed E-state index contributed by atoms with van der Waals surface area (Å²) in [5.41, 5.74) is 3.47. The quantitative estimate of drug-likeness (QED) is 0.434. The lowest BCUT2D eigenvalue weighted by molar-refractivity contribution is 0.317. The number of hydrogen-bond acceptors (Lipinski definition) is 4. The van der Waals surface area contributed by atoms with E-state index in [2.05, 4.69) is 31.8 Å². The summed E-state index contributed by atoms with van der Waals surface area (Å²) in [6.45, 7) is 5.01. The van der Waals surface area contributed by atoms with Crippen LogP contribution in [0.1, 0.15) is 19.4 Å². The van der Waals surface area contributed by atoms with E-state index in [4.69, 9.17) is 17.0 Å². The molecule has 1 aromatic carbocycles. The van der Waals surface area contributed by atoms with Gasteiger partial charge in [0.15, 0.2) is 16.6 Å². The highest BCUT2D eigenvalue weighted by Gasteiger charge is 2.08. The lowest BCUT2D eigenvalue weighted by Crippen LogP contribution is -2.31. The zero-order valence-corrected chi connectivity index (χ0v) is 13.1. The van der Waals surface area contributed by atoms with Gasteiger partial charge in [-0.3, -0.25) is 5.43 Å². The normalized spacial score (nSPS) is 10.5. The van der Waals surface area contributed by atoms with Crippen LogP contribution in [0.4, 0.5) is 0 Å². The third kappa shape index (κ3) is 5.04. The number of phenols is 1.